The largest absolute Gasteiger partial charge is 0.490 e. The van der Waals surface area contributed by atoms with Crippen molar-refractivity contribution in [2.45, 2.75) is 95.5 Å². The lowest BCUT2D eigenvalue weighted by molar-refractivity contribution is -0.134. The molecule has 192 valence electrons. The molecule has 35 heavy (non-hydrogen) atoms. The van der Waals surface area contributed by atoms with Crippen molar-refractivity contribution in [2.75, 3.05) is 19.0 Å². The summed E-state index contributed by atoms with van der Waals surface area (Å²) in [6, 6.07) is 4.88. The second-order valence-corrected chi connectivity index (χ2v) is 10.2. The summed E-state index contributed by atoms with van der Waals surface area (Å²) in [6.45, 7) is 4.04. The maximum Gasteiger partial charge on any atom is 0.319 e. The number of ether oxygens (including phenoxy) is 2. The highest BCUT2D eigenvalue weighted by atomic mass is 16.5. The number of urea groups is 1. The van der Waals surface area contributed by atoms with E-state index in [0.717, 1.165) is 19.3 Å². The quantitative estimate of drug-likeness (QED) is 0.591. The van der Waals surface area contributed by atoms with Gasteiger partial charge in [-0.2, -0.15) is 0 Å². The molecule has 2 fully saturated rings. The number of carbonyl (C=O) groups excluding carboxylic acids is 3. The number of hydrogen-bond donors (Lipinski definition) is 3. The van der Waals surface area contributed by atoms with E-state index < -0.39 is 0 Å². The number of benzene rings is 1. The van der Waals surface area contributed by atoms with Crippen LogP contribution in [-0.4, -0.2) is 66.7 Å². The van der Waals surface area contributed by atoms with Gasteiger partial charge in [0, 0.05) is 24.8 Å². The third-order valence-electron chi connectivity index (χ3n) is 7.07. The molecule has 3 atom stereocenters. The summed E-state index contributed by atoms with van der Waals surface area (Å²) >= 11 is 0. The van der Waals surface area contributed by atoms with E-state index >= 15 is 0 Å². The predicted octanol–water partition coefficient (Wildman–Crippen LogP) is 3.44. The standard InChI is InChI=1S/C26H38N4O5/c1-16(2)27-26(33)29-18-9-12-22-20(13-18)25(32)30(3)21-11-10-19(35-23(21)15-34-22)14-24(31)28-17-7-5-4-6-8-17/h9,12-13,16-17,19,21,23H,4-8,10-11,14-15H2,1-3H3,(H,28,31)(H2,27,29,33)/t19-,21-,23-/m1/s1. The first kappa shape index (κ1) is 25.3. The van der Waals surface area contributed by atoms with Gasteiger partial charge in [-0.15, -0.1) is 0 Å². The summed E-state index contributed by atoms with van der Waals surface area (Å²) in [5.74, 6) is 0.319. The van der Waals surface area contributed by atoms with Gasteiger partial charge in [-0.05, 0) is 57.7 Å². The van der Waals surface area contributed by atoms with Crippen LogP contribution < -0.4 is 20.7 Å². The van der Waals surface area contributed by atoms with Crippen LogP contribution in [-0.2, 0) is 9.53 Å². The van der Waals surface area contributed by atoms with Crippen LogP contribution in [0.1, 0.15) is 75.6 Å². The normalized spacial score (nSPS) is 25.0. The van der Waals surface area contributed by atoms with Crippen molar-refractivity contribution in [3.05, 3.63) is 23.8 Å². The second-order valence-electron chi connectivity index (χ2n) is 10.2. The number of fused-ring (bicyclic) bond motifs is 2. The fourth-order valence-electron chi connectivity index (χ4n) is 5.27. The van der Waals surface area contributed by atoms with Crippen molar-refractivity contribution in [1.29, 1.82) is 0 Å². The molecule has 3 aliphatic rings. The van der Waals surface area contributed by atoms with Crippen molar-refractivity contribution in [3.8, 4) is 5.75 Å². The molecule has 1 saturated heterocycles. The van der Waals surface area contributed by atoms with Crippen LogP contribution in [0.2, 0.25) is 0 Å². The minimum absolute atomic E-state index is 0.000772. The summed E-state index contributed by atoms with van der Waals surface area (Å²) in [5.41, 5.74) is 0.926. The van der Waals surface area contributed by atoms with E-state index in [4.69, 9.17) is 9.47 Å². The third kappa shape index (κ3) is 6.45. The fraction of sp³-hybridized carbons (Fsp3) is 0.654. The molecule has 0 spiro atoms. The second kappa shape index (κ2) is 11.3. The number of rotatable bonds is 5. The van der Waals surface area contributed by atoms with Gasteiger partial charge >= 0.3 is 6.03 Å². The highest BCUT2D eigenvalue weighted by Gasteiger charge is 2.39. The monoisotopic (exact) mass is 486 g/mol. The first-order valence-electron chi connectivity index (χ1n) is 12.9. The zero-order valence-electron chi connectivity index (χ0n) is 21.0. The summed E-state index contributed by atoms with van der Waals surface area (Å²) in [5, 5.41) is 8.70. The van der Waals surface area contributed by atoms with Crippen molar-refractivity contribution in [2.24, 2.45) is 0 Å². The summed E-state index contributed by atoms with van der Waals surface area (Å²) in [4.78, 5) is 39.7. The molecule has 0 radical (unpaired) electrons. The number of nitrogens with zero attached hydrogens (tertiary/aromatic N) is 1. The molecule has 1 aromatic rings. The van der Waals surface area contributed by atoms with Gasteiger partial charge in [0.15, 0.2) is 0 Å². The molecule has 1 aromatic carbocycles. The Kier molecular flexibility index (Phi) is 8.15. The lowest BCUT2D eigenvalue weighted by Gasteiger charge is -2.42. The predicted molar refractivity (Wildman–Crippen MR) is 133 cm³/mol. The maximum atomic E-state index is 13.3. The molecule has 3 N–H and O–H groups in total. The number of hydrogen-bond acceptors (Lipinski definition) is 5. The first-order chi connectivity index (χ1) is 16.8. The van der Waals surface area contributed by atoms with Crippen LogP contribution in [0.5, 0.6) is 5.75 Å². The molecule has 0 bridgehead atoms. The number of likely N-dealkylation sites (N-methyl/N-ethyl adjacent to an activating group) is 1. The number of carbonyl (C=O) groups is 3. The smallest absolute Gasteiger partial charge is 0.319 e. The van der Waals surface area contributed by atoms with Crippen molar-refractivity contribution in [3.63, 3.8) is 0 Å². The summed E-state index contributed by atoms with van der Waals surface area (Å²) in [7, 11) is 1.78. The molecule has 0 aromatic heterocycles. The van der Waals surface area contributed by atoms with Gasteiger partial charge in [0.2, 0.25) is 5.91 Å². The SMILES string of the molecule is CC(C)NC(=O)Nc1ccc2c(c1)C(=O)N(C)[C@@H]1CC[C@H](CC(=O)NC3CCCCC3)O[C@@H]1CO2. The average Bonchev–Trinajstić information content (AvgIpc) is 2.82. The number of nitrogens with one attached hydrogen (secondary N) is 3. The van der Waals surface area contributed by atoms with E-state index in [-0.39, 0.29) is 54.8 Å². The van der Waals surface area contributed by atoms with Gasteiger partial charge < -0.3 is 30.3 Å². The highest BCUT2D eigenvalue weighted by Crippen LogP contribution is 2.32. The summed E-state index contributed by atoms with van der Waals surface area (Å²) in [6.07, 6.45) is 7.01. The van der Waals surface area contributed by atoms with Gasteiger partial charge in [-0.3, -0.25) is 9.59 Å². The Morgan fingerprint density at radius 1 is 1.11 bits per heavy atom. The van der Waals surface area contributed by atoms with Crippen LogP contribution in [0.15, 0.2) is 18.2 Å². The third-order valence-corrected chi connectivity index (χ3v) is 7.07. The lowest BCUT2D eigenvalue weighted by atomic mass is 9.93. The van der Waals surface area contributed by atoms with Gasteiger partial charge in [0.25, 0.3) is 5.91 Å². The zero-order chi connectivity index (χ0) is 24.9. The fourth-order valence-corrected chi connectivity index (χ4v) is 5.27. The Hall–Kier alpha value is -2.81. The van der Waals surface area contributed by atoms with Gasteiger partial charge in [-0.1, -0.05) is 19.3 Å². The van der Waals surface area contributed by atoms with Crippen LogP contribution in [0, 0.1) is 0 Å². The highest BCUT2D eigenvalue weighted by molar-refractivity contribution is 5.99. The molecular formula is C26H38N4O5. The van der Waals surface area contributed by atoms with Crippen LogP contribution in [0.4, 0.5) is 10.5 Å². The lowest BCUT2D eigenvalue weighted by Crippen LogP contribution is -2.54. The van der Waals surface area contributed by atoms with Crippen molar-refractivity contribution < 1.29 is 23.9 Å². The molecule has 4 rings (SSSR count). The van der Waals surface area contributed by atoms with Crippen LogP contribution in [0.25, 0.3) is 0 Å². The topological polar surface area (TPSA) is 109 Å². The zero-order valence-corrected chi connectivity index (χ0v) is 21.0. The first-order valence-corrected chi connectivity index (χ1v) is 12.9. The van der Waals surface area contributed by atoms with E-state index in [2.05, 4.69) is 16.0 Å². The molecule has 9 nitrogen and oxygen atoms in total. The maximum absolute atomic E-state index is 13.3. The molecule has 2 aliphatic heterocycles. The Balaban J connectivity index is 1.39. The van der Waals surface area contributed by atoms with Crippen molar-refractivity contribution in [1.82, 2.24) is 15.5 Å². The van der Waals surface area contributed by atoms with Gasteiger partial charge in [0.1, 0.15) is 18.5 Å². The van der Waals surface area contributed by atoms with E-state index in [1.165, 1.54) is 19.3 Å². The Bertz CT molecular complexity index is 930. The minimum atomic E-state index is -0.327. The van der Waals surface area contributed by atoms with Crippen LogP contribution >= 0.6 is 0 Å². The van der Waals surface area contributed by atoms with E-state index in [1.54, 1.807) is 30.1 Å². The van der Waals surface area contributed by atoms with E-state index in [9.17, 15) is 14.4 Å². The van der Waals surface area contributed by atoms with Gasteiger partial charge in [0.05, 0.1) is 24.1 Å². The molecular weight excluding hydrogens is 448 g/mol. The molecule has 1 aliphatic carbocycles. The van der Waals surface area contributed by atoms with Crippen LogP contribution in [0.3, 0.4) is 0 Å². The number of anilines is 1. The molecule has 0 unspecified atom stereocenters. The van der Waals surface area contributed by atoms with E-state index in [1.807, 2.05) is 13.8 Å². The molecule has 9 heteroatoms. The molecule has 4 amide bonds. The Morgan fingerprint density at radius 3 is 2.63 bits per heavy atom. The molecule has 2 heterocycles. The average molecular weight is 487 g/mol. The minimum Gasteiger partial charge on any atom is -0.490 e. The van der Waals surface area contributed by atoms with Crippen molar-refractivity contribution >= 4 is 23.5 Å². The van der Waals surface area contributed by atoms with E-state index in [0.29, 0.717) is 29.8 Å². The number of amides is 4. The Morgan fingerprint density at radius 2 is 1.89 bits per heavy atom. The summed E-state index contributed by atoms with van der Waals surface area (Å²) < 4.78 is 12.3. The van der Waals surface area contributed by atoms with Gasteiger partial charge in [-0.25, -0.2) is 4.79 Å². The Labute approximate surface area is 207 Å². The molecule has 1 saturated carbocycles.